The second-order valence-electron chi connectivity index (χ2n) is 4.45. The van der Waals surface area contributed by atoms with Crippen LogP contribution >= 0.6 is 0 Å². The van der Waals surface area contributed by atoms with E-state index in [1.165, 1.54) is 25.7 Å². The lowest BCUT2D eigenvalue weighted by Gasteiger charge is -2.17. The molecule has 0 aromatic carbocycles. The number of rotatable bonds is 7. The molecule has 0 radical (unpaired) electrons. The molecule has 0 heterocycles. The summed E-state index contributed by atoms with van der Waals surface area (Å²) in [7, 11) is 0. The van der Waals surface area contributed by atoms with Gasteiger partial charge in [-0.15, -0.1) is 0 Å². The third kappa shape index (κ3) is 8.28. The summed E-state index contributed by atoms with van der Waals surface area (Å²) in [6.45, 7) is 9.12. The van der Waals surface area contributed by atoms with Gasteiger partial charge < -0.3 is 10.6 Å². The summed E-state index contributed by atoms with van der Waals surface area (Å²) in [4.78, 5) is 11.3. The molecule has 0 spiro atoms. The molecule has 0 aliphatic carbocycles. The first-order valence-corrected chi connectivity index (χ1v) is 6.14. The van der Waals surface area contributed by atoms with Gasteiger partial charge in [0, 0.05) is 12.6 Å². The summed E-state index contributed by atoms with van der Waals surface area (Å²) in [5.41, 5.74) is 0. The van der Waals surface area contributed by atoms with E-state index >= 15 is 0 Å². The van der Waals surface area contributed by atoms with Crippen LogP contribution in [0, 0.1) is 5.92 Å². The first-order chi connectivity index (χ1) is 7.10. The molecule has 0 unspecified atom stereocenters. The molecule has 90 valence electrons. The number of hydrogen-bond acceptors (Lipinski definition) is 1. The molecule has 0 rings (SSSR count). The van der Waals surface area contributed by atoms with Crippen molar-refractivity contribution in [3.05, 3.63) is 0 Å². The van der Waals surface area contributed by atoms with Gasteiger partial charge in [-0.2, -0.15) is 0 Å². The summed E-state index contributed by atoms with van der Waals surface area (Å²) < 4.78 is 0. The van der Waals surface area contributed by atoms with E-state index in [9.17, 15) is 4.79 Å². The van der Waals surface area contributed by atoms with Crippen molar-refractivity contribution < 1.29 is 4.79 Å². The molecule has 0 saturated carbocycles. The maximum Gasteiger partial charge on any atom is 0.314 e. The summed E-state index contributed by atoms with van der Waals surface area (Å²) in [5.74, 6) is 0.637. The summed E-state index contributed by atoms with van der Waals surface area (Å²) in [5, 5.41) is 5.77. The van der Waals surface area contributed by atoms with Crippen molar-refractivity contribution in [1.82, 2.24) is 10.6 Å². The zero-order chi connectivity index (χ0) is 11.7. The quantitative estimate of drug-likeness (QED) is 0.672. The molecule has 0 atom stereocenters. The Morgan fingerprint density at radius 3 is 2.07 bits per heavy atom. The van der Waals surface area contributed by atoms with Crippen LogP contribution in [0.5, 0.6) is 0 Å². The average molecular weight is 214 g/mol. The number of nitrogens with one attached hydrogen (secondary N) is 2. The van der Waals surface area contributed by atoms with E-state index in [-0.39, 0.29) is 12.1 Å². The highest BCUT2D eigenvalue weighted by molar-refractivity contribution is 5.74. The van der Waals surface area contributed by atoms with Gasteiger partial charge in [-0.25, -0.2) is 4.79 Å². The van der Waals surface area contributed by atoms with Crippen molar-refractivity contribution in [1.29, 1.82) is 0 Å². The van der Waals surface area contributed by atoms with Gasteiger partial charge >= 0.3 is 6.03 Å². The van der Waals surface area contributed by atoms with Crippen molar-refractivity contribution in [3.8, 4) is 0 Å². The van der Waals surface area contributed by atoms with E-state index in [1.807, 2.05) is 13.8 Å². The maximum atomic E-state index is 11.3. The molecule has 0 fully saturated rings. The average Bonchev–Trinajstić information content (AvgIpc) is 2.14. The molecule has 0 saturated heterocycles. The highest BCUT2D eigenvalue weighted by Crippen LogP contribution is 2.11. The lowest BCUT2D eigenvalue weighted by atomic mass is 9.98. The second kappa shape index (κ2) is 8.57. The van der Waals surface area contributed by atoms with Gasteiger partial charge in [-0.3, -0.25) is 0 Å². The first-order valence-electron chi connectivity index (χ1n) is 6.14. The Morgan fingerprint density at radius 2 is 1.67 bits per heavy atom. The van der Waals surface area contributed by atoms with Crippen molar-refractivity contribution in [2.45, 2.75) is 59.4 Å². The number of carbonyl (C=O) groups excluding carboxylic acids is 1. The Labute approximate surface area is 94.0 Å². The molecular formula is C12H26N2O. The van der Waals surface area contributed by atoms with Gasteiger partial charge in [-0.05, 0) is 32.6 Å². The smallest absolute Gasteiger partial charge is 0.314 e. The van der Waals surface area contributed by atoms with Crippen LogP contribution in [0.2, 0.25) is 0 Å². The number of hydrogen-bond donors (Lipinski definition) is 2. The molecular weight excluding hydrogens is 188 g/mol. The Morgan fingerprint density at radius 1 is 1.13 bits per heavy atom. The third-order valence-corrected chi connectivity index (χ3v) is 2.36. The summed E-state index contributed by atoms with van der Waals surface area (Å²) in [6.07, 6.45) is 4.79. The lowest BCUT2D eigenvalue weighted by Crippen LogP contribution is -2.41. The van der Waals surface area contributed by atoms with Crippen LogP contribution in [0.1, 0.15) is 53.4 Å². The second-order valence-corrected chi connectivity index (χ2v) is 4.45. The van der Waals surface area contributed by atoms with Crippen LogP contribution in [0.15, 0.2) is 0 Å². The fourth-order valence-electron chi connectivity index (χ4n) is 1.72. The fourth-order valence-corrected chi connectivity index (χ4v) is 1.72. The minimum absolute atomic E-state index is 0.0396. The fraction of sp³-hybridized carbons (Fsp3) is 0.917. The topological polar surface area (TPSA) is 41.1 Å². The molecule has 3 nitrogen and oxygen atoms in total. The van der Waals surface area contributed by atoms with E-state index in [0.717, 1.165) is 6.54 Å². The molecule has 0 bridgehead atoms. The van der Waals surface area contributed by atoms with Gasteiger partial charge in [0.1, 0.15) is 0 Å². The van der Waals surface area contributed by atoms with Gasteiger partial charge in [0.2, 0.25) is 0 Å². The molecule has 2 N–H and O–H groups in total. The van der Waals surface area contributed by atoms with Gasteiger partial charge in [0.15, 0.2) is 0 Å². The highest BCUT2D eigenvalue weighted by Gasteiger charge is 2.08. The molecule has 15 heavy (non-hydrogen) atoms. The van der Waals surface area contributed by atoms with Crippen LogP contribution in [0.25, 0.3) is 0 Å². The number of amides is 2. The van der Waals surface area contributed by atoms with Crippen LogP contribution < -0.4 is 10.6 Å². The Bertz CT molecular complexity index is 163. The largest absolute Gasteiger partial charge is 0.338 e. The highest BCUT2D eigenvalue weighted by atomic mass is 16.2. The predicted octanol–water partition coefficient (Wildman–Crippen LogP) is 2.91. The van der Waals surface area contributed by atoms with E-state index < -0.39 is 0 Å². The van der Waals surface area contributed by atoms with E-state index in [0.29, 0.717) is 5.92 Å². The minimum Gasteiger partial charge on any atom is -0.338 e. The SMILES string of the molecule is CCCC(CCC)CNC(=O)NC(C)C. The normalized spacial score (nSPS) is 10.8. The molecule has 0 aliphatic rings. The van der Waals surface area contributed by atoms with Crippen LogP contribution in [-0.2, 0) is 0 Å². The van der Waals surface area contributed by atoms with E-state index in [1.54, 1.807) is 0 Å². The zero-order valence-electron chi connectivity index (χ0n) is 10.6. The number of carbonyl (C=O) groups is 1. The standard InChI is InChI=1S/C12H26N2O/c1-5-7-11(8-6-2)9-13-12(15)14-10(3)4/h10-11H,5-9H2,1-4H3,(H2,13,14,15). The minimum atomic E-state index is -0.0396. The third-order valence-electron chi connectivity index (χ3n) is 2.36. The van der Waals surface area contributed by atoms with E-state index in [2.05, 4.69) is 24.5 Å². The Balaban J connectivity index is 3.72. The lowest BCUT2D eigenvalue weighted by molar-refractivity contribution is 0.235. The Kier molecular flexibility index (Phi) is 8.15. The molecule has 0 aromatic rings. The zero-order valence-corrected chi connectivity index (χ0v) is 10.6. The Hall–Kier alpha value is -0.730. The van der Waals surface area contributed by atoms with Gasteiger partial charge in [0.05, 0.1) is 0 Å². The van der Waals surface area contributed by atoms with Crippen molar-refractivity contribution in [2.24, 2.45) is 5.92 Å². The number of urea groups is 1. The predicted molar refractivity (Wildman–Crippen MR) is 65.0 cm³/mol. The molecule has 2 amide bonds. The monoisotopic (exact) mass is 214 g/mol. The van der Waals surface area contributed by atoms with Crippen LogP contribution in [-0.4, -0.2) is 18.6 Å². The molecule has 0 aromatic heterocycles. The van der Waals surface area contributed by atoms with Crippen LogP contribution in [0.4, 0.5) is 4.79 Å². The van der Waals surface area contributed by atoms with Crippen molar-refractivity contribution >= 4 is 6.03 Å². The van der Waals surface area contributed by atoms with Crippen LogP contribution in [0.3, 0.4) is 0 Å². The first kappa shape index (κ1) is 14.3. The summed E-state index contributed by atoms with van der Waals surface area (Å²) in [6, 6.07) is 0.169. The van der Waals surface area contributed by atoms with E-state index in [4.69, 9.17) is 0 Å². The van der Waals surface area contributed by atoms with Gasteiger partial charge in [0.25, 0.3) is 0 Å². The molecule has 3 heteroatoms. The molecule has 0 aliphatic heterocycles. The van der Waals surface area contributed by atoms with Gasteiger partial charge in [-0.1, -0.05) is 26.7 Å². The van der Waals surface area contributed by atoms with Crippen molar-refractivity contribution in [3.63, 3.8) is 0 Å². The van der Waals surface area contributed by atoms with Crippen molar-refractivity contribution in [2.75, 3.05) is 6.54 Å². The maximum absolute atomic E-state index is 11.3. The summed E-state index contributed by atoms with van der Waals surface area (Å²) >= 11 is 0.